The Hall–Kier alpha value is -2.65. The number of hydrogen-bond acceptors (Lipinski definition) is 8. The number of hydrogen-bond donors (Lipinski definition) is 1. The van der Waals surface area contributed by atoms with Gasteiger partial charge in [0.25, 0.3) is 11.4 Å². The minimum atomic E-state index is -3.57. The quantitative estimate of drug-likeness (QED) is 0.295. The van der Waals surface area contributed by atoms with E-state index < -0.39 is 23.2 Å². The topological polar surface area (TPSA) is 148 Å². The highest BCUT2D eigenvalue weighted by atomic mass is 31.2. The molecule has 0 aliphatic rings. The number of rotatable bonds is 12. The van der Waals surface area contributed by atoms with Crippen molar-refractivity contribution < 1.29 is 23.5 Å². The smallest absolute Gasteiger partial charge is 0.318 e. The Morgan fingerprint density at radius 3 is 1.53 bits per heavy atom. The number of nitrogens with two attached hydrogens (primary N) is 1. The van der Waals surface area contributed by atoms with Crippen LogP contribution >= 0.6 is 7.60 Å². The largest absolute Gasteiger partial charge is 0.347 e. The summed E-state index contributed by atoms with van der Waals surface area (Å²) >= 11 is 0. The van der Waals surface area contributed by atoms with Crippen LogP contribution in [0.1, 0.15) is 24.5 Å². The molecular formula is C19H24N3O7P. The number of non-ortho nitro benzene ring substituents is 2. The van der Waals surface area contributed by atoms with Gasteiger partial charge in [-0.15, -0.1) is 0 Å². The molecule has 0 bridgehead atoms. The Labute approximate surface area is 173 Å². The third kappa shape index (κ3) is 6.70. The molecule has 0 fully saturated rings. The van der Waals surface area contributed by atoms with E-state index >= 15 is 0 Å². The van der Waals surface area contributed by atoms with Gasteiger partial charge in [-0.2, -0.15) is 0 Å². The summed E-state index contributed by atoms with van der Waals surface area (Å²) in [6, 6.07) is 12.0. The Bertz CT molecular complexity index is 836. The van der Waals surface area contributed by atoms with Crippen LogP contribution in [0, 0.1) is 20.2 Å². The molecule has 0 aliphatic carbocycles. The van der Waals surface area contributed by atoms with Crippen molar-refractivity contribution in [3.63, 3.8) is 0 Å². The molecule has 2 N–H and O–H groups in total. The third-order valence-electron chi connectivity index (χ3n) is 4.44. The molecule has 0 heterocycles. The molecule has 0 aromatic heterocycles. The van der Waals surface area contributed by atoms with Crippen molar-refractivity contribution in [2.24, 2.45) is 5.73 Å². The zero-order valence-electron chi connectivity index (χ0n) is 16.5. The molecule has 0 amide bonds. The van der Waals surface area contributed by atoms with Crippen molar-refractivity contribution in [3.05, 3.63) is 79.9 Å². The summed E-state index contributed by atoms with van der Waals surface area (Å²) < 4.78 is 24.1. The highest BCUT2D eigenvalue weighted by Gasteiger charge is 2.32. The summed E-state index contributed by atoms with van der Waals surface area (Å²) in [6.45, 7) is 1.94. The summed E-state index contributed by atoms with van der Waals surface area (Å²) in [5.74, 6) is -0.786. The van der Waals surface area contributed by atoms with Crippen LogP contribution in [0.25, 0.3) is 0 Å². The van der Waals surface area contributed by atoms with E-state index in [2.05, 4.69) is 0 Å². The van der Waals surface area contributed by atoms with Crippen molar-refractivity contribution in [2.75, 3.05) is 13.2 Å². The molecule has 0 aliphatic heterocycles. The fourth-order valence-electron chi connectivity index (χ4n) is 2.60. The second kappa shape index (κ2) is 10.9. The second-order valence-electron chi connectivity index (χ2n) is 6.53. The molecule has 10 nitrogen and oxygen atoms in total. The molecule has 162 valence electrons. The van der Waals surface area contributed by atoms with Crippen LogP contribution in [-0.4, -0.2) is 28.8 Å². The van der Waals surface area contributed by atoms with E-state index in [-0.39, 0.29) is 24.6 Å². The molecule has 2 rings (SSSR count). The van der Waals surface area contributed by atoms with E-state index in [0.717, 1.165) is 11.1 Å². The molecule has 0 spiro atoms. The lowest BCUT2D eigenvalue weighted by molar-refractivity contribution is -0.385. The highest BCUT2D eigenvalue weighted by Crippen LogP contribution is 2.52. The summed E-state index contributed by atoms with van der Waals surface area (Å²) in [5.41, 5.74) is 7.53. The van der Waals surface area contributed by atoms with E-state index in [1.54, 1.807) is 31.2 Å². The predicted molar refractivity (Wildman–Crippen MR) is 111 cm³/mol. The summed E-state index contributed by atoms with van der Waals surface area (Å²) in [7, 11) is -3.57. The van der Waals surface area contributed by atoms with Crippen LogP contribution in [0.15, 0.2) is 48.5 Å². The van der Waals surface area contributed by atoms with Crippen LogP contribution in [0.3, 0.4) is 0 Å². The minimum Gasteiger partial charge on any atom is -0.318 e. The molecule has 0 radical (unpaired) electrons. The number of nitro benzene ring substituents is 2. The number of nitrogens with zero attached hydrogens (tertiary/aromatic N) is 2. The first-order valence-corrected chi connectivity index (χ1v) is 11.0. The summed E-state index contributed by atoms with van der Waals surface area (Å²) in [6.07, 6.45) is 1.18. The van der Waals surface area contributed by atoms with E-state index in [9.17, 15) is 24.8 Å². The molecule has 0 saturated heterocycles. The first kappa shape index (κ1) is 23.6. The Morgan fingerprint density at radius 2 is 1.23 bits per heavy atom. The summed E-state index contributed by atoms with van der Waals surface area (Å²) in [4.78, 5) is 20.4. The van der Waals surface area contributed by atoms with Crippen molar-refractivity contribution in [3.8, 4) is 0 Å². The van der Waals surface area contributed by atoms with Crippen molar-refractivity contribution >= 4 is 19.0 Å². The van der Waals surface area contributed by atoms with Gasteiger partial charge in [0.1, 0.15) is 5.78 Å². The standard InChI is InChI=1S/C19H24N3O7P/c1-2-19(20)30(27,28-13-11-15-3-7-17(8-4-15)21(23)24)29-14-12-16-5-9-18(10-6-16)22(25)26/h3-10,19H,2,11-14,20H2,1H3. The number of benzene rings is 2. The van der Waals surface area contributed by atoms with Gasteiger partial charge in [0, 0.05) is 24.3 Å². The van der Waals surface area contributed by atoms with Gasteiger partial charge in [0.15, 0.2) is 0 Å². The van der Waals surface area contributed by atoms with E-state index in [1.807, 2.05) is 0 Å². The van der Waals surface area contributed by atoms with Crippen LogP contribution in [0.5, 0.6) is 0 Å². The predicted octanol–water partition coefficient (Wildman–Crippen LogP) is 4.21. The Balaban J connectivity index is 1.90. The fraction of sp³-hybridized carbons (Fsp3) is 0.368. The molecule has 2 aromatic rings. The minimum absolute atomic E-state index is 0.00655. The lowest BCUT2D eigenvalue weighted by atomic mass is 10.1. The molecule has 2 aromatic carbocycles. The molecule has 0 saturated carbocycles. The van der Waals surface area contributed by atoms with Gasteiger partial charge in [-0.25, -0.2) is 0 Å². The maximum absolute atomic E-state index is 13.1. The van der Waals surface area contributed by atoms with Crippen molar-refractivity contribution in [2.45, 2.75) is 32.0 Å². The maximum Gasteiger partial charge on any atom is 0.347 e. The van der Waals surface area contributed by atoms with Gasteiger partial charge in [-0.3, -0.25) is 24.8 Å². The second-order valence-corrected chi connectivity index (χ2v) is 8.79. The normalized spacial score (nSPS) is 12.5. The zero-order valence-corrected chi connectivity index (χ0v) is 17.4. The lowest BCUT2D eigenvalue weighted by Crippen LogP contribution is -2.23. The van der Waals surface area contributed by atoms with E-state index in [1.165, 1.54) is 24.3 Å². The van der Waals surface area contributed by atoms with E-state index in [4.69, 9.17) is 14.8 Å². The van der Waals surface area contributed by atoms with Gasteiger partial charge in [0.2, 0.25) is 0 Å². The van der Waals surface area contributed by atoms with Crippen LogP contribution in [0.2, 0.25) is 0 Å². The van der Waals surface area contributed by atoms with E-state index in [0.29, 0.717) is 19.3 Å². The van der Waals surface area contributed by atoms with Gasteiger partial charge in [-0.1, -0.05) is 31.2 Å². The average Bonchev–Trinajstić information content (AvgIpc) is 2.73. The van der Waals surface area contributed by atoms with Gasteiger partial charge < -0.3 is 14.8 Å². The third-order valence-corrected chi connectivity index (χ3v) is 6.71. The average molecular weight is 437 g/mol. The highest BCUT2D eigenvalue weighted by molar-refractivity contribution is 7.54. The first-order chi connectivity index (χ1) is 14.2. The lowest BCUT2D eigenvalue weighted by Gasteiger charge is -2.23. The molecule has 1 atom stereocenters. The van der Waals surface area contributed by atoms with Gasteiger partial charge in [-0.05, 0) is 30.4 Å². The van der Waals surface area contributed by atoms with Crippen LogP contribution in [0.4, 0.5) is 11.4 Å². The van der Waals surface area contributed by atoms with Crippen LogP contribution < -0.4 is 5.73 Å². The molecule has 11 heteroatoms. The monoisotopic (exact) mass is 437 g/mol. The number of nitro groups is 2. The maximum atomic E-state index is 13.1. The Morgan fingerprint density at radius 1 is 0.867 bits per heavy atom. The summed E-state index contributed by atoms with van der Waals surface area (Å²) in [5, 5.41) is 21.4. The van der Waals surface area contributed by atoms with Gasteiger partial charge >= 0.3 is 7.60 Å². The van der Waals surface area contributed by atoms with Gasteiger partial charge in [0.05, 0.1) is 23.1 Å². The SMILES string of the molecule is CCC(N)P(=O)(OCCc1ccc([N+](=O)[O-])cc1)OCCc1ccc([N+](=O)[O-])cc1. The van der Waals surface area contributed by atoms with Crippen molar-refractivity contribution in [1.82, 2.24) is 0 Å². The van der Waals surface area contributed by atoms with Crippen molar-refractivity contribution in [1.29, 1.82) is 0 Å². The molecule has 30 heavy (non-hydrogen) atoms. The zero-order chi connectivity index (χ0) is 22.1. The fourth-order valence-corrected chi connectivity index (χ4v) is 4.20. The Kier molecular flexibility index (Phi) is 8.61. The van der Waals surface area contributed by atoms with Crippen LogP contribution in [-0.2, 0) is 26.5 Å². The molecule has 1 unspecified atom stereocenters. The first-order valence-electron chi connectivity index (χ1n) is 9.36. The molecular weight excluding hydrogens is 413 g/mol.